The lowest BCUT2D eigenvalue weighted by atomic mass is 10.1. The van der Waals surface area contributed by atoms with E-state index in [4.69, 9.17) is 4.74 Å². The summed E-state index contributed by atoms with van der Waals surface area (Å²) in [7, 11) is 1.62. The Kier molecular flexibility index (Phi) is 5.67. The Morgan fingerprint density at radius 2 is 1.79 bits per heavy atom. The van der Waals surface area contributed by atoms with Crippen molar-refractivity contribution >= 4 is 11.7 Å². The van der Waals surface area contributed by atoms with Crippen LogP contribution in [0, 0.1) is 0 Å². The quantitative estimate of drug-likeness (QED) is 0.508. The van der Waals surface area contributed by atoms with Gasteiger partial charge in [-0.3, -0.25) is 14.9 Å². The van der Waals surface area contributed by atoms with E-state index >= 15 is 0 Å². The van der Waals surface area contributed by atoms with Crippen molar-refractivity contribution in [2.75, 3.05) is 38.2 Å². The molecule has 0 bridgehead atoms. The van der Waals surface area contributed by atoms with Gasteiger partial charge in [0.05, 0.1) is 18.5 Å². The fraction of sp³-hybridized carbons (Fsp3) is 0.208. The summed E-state index contributed by atoms with van der Waals surface area (Å²) in [5.74, 6) is 1.48. The molecule has 4 heterocycles. The highest BCUT2D eigenvalue weighted by Crippen LogP contribution is 2.23. The number of aromatic nitrogens is 5. The first-order chi connectivity index (χ1) is 16.2. The second kappa shape index (κ2) is 9.07. The number of benzene rings is 1. The Labute approximate surface area is 191 Å². The van der Waals surface area contributed by atoms with Gasteiger partial charge >= 0.3 is 0 Å². The largest absolute Gasteiger partial charge is 0.497 e. The molecule has 1 aromatic carbocycles. The molecule has 1 N–H and O–H groups in total. The summed E-state index contributed by atoms with van der Waals surface area (Å²) in [6.45, 7) is 2.55. The van der Waals surface area contributed by atoms with Crippen LogP contribution in [0.3, 0.4) is 0 Å². The molecular formula is C24H23N7O2. The minimum Gasteiger partial charge on any atom is -0.497 e. The summed E-state index contributed by atoms with van der Waals surface area (Å²) < 4.78 is 5.27. The van der Waals surface area contributed by atoms with Crippen molar-refractivity contribution in [1.82, 2.24) is 30.3 Å². The van der Waals surface area contributed by atoms with Crippen LogP contribution in [0.15, 0.2) is 66.9 Å². The van der Waals surface area contributed by atoms with Crippen molar-refractivity contribution in [3.8, 4) is 28.4 Å². The van der Waals surface area contributed by atoms with E-state index in [-0.39, 0.29) is 5.91 Å². The van der Waals surface area contributed by atoms with Crippen molar-refractivity contribution in [3.63, 3.8) is 0 Å². The molecule has 3 aromatic heterocycles. The second-order valence-electron chi connectivity index (χ2n) is 7.67. The maximum absolute atomic E-state index is 13.0. The van der Waals surface area contributed by atoms with E-state index in [0.29, 0.717) is 37.6 Å². The van der Waals surface area contributed by atoms with Crippen LogP contribution in [-0.4, -0.2) is 69.5 Å². The van der Waals surface area contributed by atoms with Crippen molar-refractivity contribution in [2.24, 2.45) is 0 Å². The van der Waals surface area contributed by atoms with E-state index in [1.165, 1.54) is 0 Å². The number of ether oxygens (including phenoxy) is 1. The van der Waals surface area contributed by atoms with E-state index in [2.05, 4.69) is 30.3 Å². The predicted octanol–water partition coefficient (Wildman–Crippen LogP) is 2.90. The number of nitrogens with one attached hydrogen (secondary N) is 1. The molecule has 4 aromatic rings. The lowest BCUT2D eigenvalue weighted by molar-refractivity contribution is 0.0740. The molecule has 0 aliphatic carbocycles. The van der Waals surface area contributed by atoms with E-state index in [0.717, 1.165) is 28.5 Å². The molecule has 0 radical (unpaired) electrons. The Balaban J connectivity index is 1.21. The van der Waals surface area contributed by atoms with Gasteiger partial charge in [-0.25, -0.2) is 0 Å². The number of methoxy groups -OCH3 is 1. The van der Waals surface area contributed by atoms with Crippen molar-refractivity contribution in [3.05, 3.63) is 72.6 Å². The van der Waals surface area contributed by atoms with Crippen LogP contribution in [-0.2, 0) is 0 Å². The average molecular weight is 441 g/mol. The van der Waals surface area contributed by atoms with Gasteiger partial charge in [0, 0.05) is 37.9 Å². The molecule has 9 heteroatoms. The van der Waals surface area contributed by atoms with Gasteiger partial charge in [0.2, 0.25) is 0 Å². The smallest absolute Gasteiger partial charge is 0.272 e. The molecule has 0 spiro atoms. The number of H-pyrrole nitrogens is 1. The summed E-state index contributed by atoms with van der Waals surface area (Å²) >= 11 is 0. The molecular weight excluding hydrogens is 418 g/mol. The Morgan fingerprint density at radius 3 is 2.52 bits per heavy atom. The third-order valence-electron chi connectivity index (χ3n) is 5.64. The molecule has 1 fully saturated rings. The molecule has 1 saturated heterocycles. The number of carbonyl (C=O) groups is 1. The predicted molar refractivity (Wildman–Crippen MR) is 124 cm³/mol. The number of hydrogen-bond acceptors (Lipinski definition) is 7. The van der Waals surface area contributed by atoms with E-state index < -0.39 is 0 Å². The number of hydrogen-bond donors (Lipinski definition) is 1. The summed E-state index contributed by atoms with van der Waals surface area (Å²) in [5.41, 5.74) is 3.60. The maximum Gasteiger partial charge on any atom is 0.272 e. The van der Waals surface area contributed by atoms with E-state index in [1.54, 1.807) is 19.4 Å². The molecule has 166 valence electrons. The van der Waals surface area contributed by atoms with Gasteiger partial charge in [0.15, 0.2) is 5.82 Å². The molecule has 1 amide bonds. The molecule has 1 aliphatic heterocycles. The van der Waals surface area contributed by atoms with Crippen LogP contribution in [0.2, 0.25) is 0 Å². The third-order valence-corrected chi connectivity index (χ3v) is 5.64. The van der Waals surface area contributed by atoms with Gasteiger partial charge in [-0.05, 0) is 42.5 Å². The Bertz CT molecular complexity index is 1230. The van der Waals surface area contributed by atoms with Crippen LogP contribution in [0.4, 0.5) is 5.82 Å². The van der Waals surface area contributed by atoms with Crippen LogP contribution in [0.5, 0.6) is 5.75 Å². The topological polar surface area (TPSA) is 100 Å². The highest BCUT2D eigenvalue weighted by molar-refractivity contribution is 5.93. The lowest BCUT2D eigenvalue weighted by Crippen LogP contribution is -2.49. The molecule has 0 unspecified atom stereocenters. The normalized spacial score (nSPS) is 13.7. The van der Waals surface area contributed by atoms with Gasteiger partial charge in [0.25, 0.3) is 5.91 Å². The SMILES string of the molecule is COc1cccc(-c2cc(C(=O)N3CCN(c4ccc(-c5ccccn5)nn4)CC3)[nH]n2)c1. The minimum absolute atomic E-state index is 0.0621. The summed E-state index contributed by atoms with van der Waals surface area (Å²) in [6, 6.07) is 19.0. The number of carbonyl (C=O) groups excluding carboxylic acids is 1. The lowest BCUT2D eigenvalue weighted by Gasteiger charge is -2.34. The zero-order valence-corrected chi connectivity index (χ0v) is 18.2. The highest BCUT2D eigenvalue weighted by atomic mass is 16.5. The zero-order chi connectivity index (χ0) is 22.6. The number of aromatic amines is 1. The van der Waals surface area contributed by atoms with Gasteiger partial charge < -0.3 is 14.5 Å². The average Bonchev–Trinajstić information content (AvgIpc) is 3.39. The van der Waals surface area contributed by atoms with Gasteiger partial charge in [-0.15, -0.1) is 10.2 Å². The first kappa shape index (κ1) is 20.6. The maximum atomic E-state index is 13.0. The first-order valence-corrected chi connectivity index (χ1v) is 10.7. The molecule has 0 atom stereocenters. The number of anilines is 1. The minimum atomic E-state index is -0.0621. The van der Waals surface area contributed by atoms with E-state index in [9.17, 15) is 4.79 Å². The van der Waals surface area contributed by atoms with Crippen molar-refractivity contribution in [2.45, 2.75) is 0 Å². The van der Waals surface area contributed by atoms with Gasteiger partial charge in [0.1, 0.15) is 17.1 Å². The zero-order valence-electron chi connectivity index (χ0n) is 18.2. The molecule has 5 rings (SSSR count). The number of rotatable bonds is 5. The molecule has 33 heavy (non-hydrogen) atoms. The number of nitrogens with zero attached hydrogens (tertiary/aromatic N) is 6. The first-order valence-electron chi connectivity index (χ1n) is 10.7. The van der Waals surface area contributed by atoms with Crippen LogP contribution >= 0.6 is 0 Å². The van der Waals surface area contributed by atoms with Crippen LogP contribution in [0.25, 0.3) is 22.6 Å². The Morgan fingerprint density at radius 1 is 0.909 bits per heavy atom. The fourth-order valence-corrected chi connectivity index (χ4v) is 3.82. The number of pyridine rings is 1. The fourth-order valence-electron chi connectivity index (χ4n) is 3.82. The van der Waals surface area contributed by atoms with Crippen molar-refractivity contribution < 1.29 is 9.53 Å². The van der Waals surface area contributed by atoms with Crippen molar-refractivity contribution in [1.29, 1.82) is 0 Å². The monoisotopic (exact) mass is 441 g/mol. The third kappa shape index (κ3) is 4.38. The number of piperazine rings is 1. The standard InChI is InChI=1S/C24H23N7O2/c1-33-18-6-4-5-17(15-18)21-16-22(28-27-21)24(32)31-13-11-30(12-14-31)23-9-8-20(26-29-23)19-7-2-3-10-25-19/h2-10,15-16H,11-14H2,1H3,(H,27,28). The molecule has 1 aliphatic rings. The second-order valence-corrected chi connectivity index (χ2v) is 7.67. The van der Waals surface area contributed by atoms with Gasteiger partial charge in [-0.1, -0.05) is 18.2 Å². The van der Waals surface area contributed by atoms with E-state index in [1.807, 2.05) is 59.5 Å². The summed E-state index contributed by atoms with van der Waals surface area (Å²) in [5, 5.41) is 15.9. The number of amides is 1. The Hall–Kier alpha value is -4.27. The summed E-state index contributed by atoms with van der Waals surface area (Å²) in [4.78, 5) is 21.3. The highest BCUT2D eigenvalue weighted by Gasteiger charge is 2.24. The summed E-state index contributed by atoms with van der Waals surface area (Å²) in [6.07, 6.45) is 1.74. The van der Waals surface area contributed by atoms with Crippen LogP contribution < -0.4 is 9.64 Å². The molecule has 9 nitrogen and oxygen atoms in total. The van der Waals surface area contributed by atoms with Crippen LogP contribution in [0.1, 0.15) is 10.5 Å². The molecule has 0 saturated carbocycles. The van der Waals surface area contributed by atoms with Gasteiger partial charge in [-0.2, -0.15) is 5.10 Å².